The van der Waals surface area contributed by atoms with E-state index >= 15 is 0 Å². The van der Waals surface area contributed by atoms with E-state index in [0.717, 1.165) is 10.5 Å². The lowest BCUT2D eigenvalue weighted by molar-refractivity contribution is -0.154. The van der Waals surface area contributed by atoms with E-state index < -0.39 is 47.1 Å². The van der Waals surface area contributed by atoms with Crippen LogP contribution in [0.1, 0.15) is 18.0 Å². The highest BCUT2D eigenvalue weighted by Gasteiger charge is 2.73. The maximum Gasteiger partial charge on any atom is 0.307 e. The van der Waals surface area contributed by atoms with Crippen molar-refractivity contribution in [1.29, 1.82) is 0 Å². The highest BCUT2D eigenvalue weighted by atomic mass is 35.5. The van der Waals surface area contributed by atoms with Gasteiger partial charge in [-0.25, -0.2) is 4.90 Å². The first-order valence-electron chi connectivity index (χ1n) is 10.7. The van der Waals surface area contributed by atoms with Crippen molar-refractivity contribution in [3.05, 3.63) is 65.2 Å². The van der Waals surface area contributed by atoms with E-state index in [9.17, 15) is 19.2 Å². The minimum absolute atomic E-state index is 0.252. The van der Waals surface area contributed by atoms with Crippen molar-refractivity contribution in [3.63, 3.8) is 0 Å². The summed E-state index contributed by atoms with van der Waals surface area (Å²) in [6.07, 6.45) is -0.338. The number of amides is 3. The molecule has 2 aromatic rings. The van der Waals surface area contributed by atoms with Crippen molar-refractivity contribution in [2.45, 2.75) is 18.0 Å². The van der Waals surface area contributed by atoms with Crippen molar-refractivity contribution in [2.75, 3.05) is 25.1 Å². The molecule has 3 aliphatic heterocycles. The molecule has 0 aliphatic carbocycles. The van der Waals surface area contributed by atoms with Gasteiger partial charge in [-0.15, -0.1) is 0 Å². The predicted octanol–water partition coefficient (Wildman–Crippen LogP) is 1.93. The van der Waals surface area contributed by atoms with Gasteiger partial charge in [0.1, 0.15) is 5.54 Å². The Balaban J connectivity index is 1.72. The lowest BCUT2D eigenvalue weighted by atomic mass is 9.76. The fourth-order valence-corrected chi connectivity index (χ4v) is 5.90. The van der Waals surface area contributed by atoms with Gasteiger partial charge in [0.15, 0.2) is 0 Å². The quantitative estimate of drug-likeness (QED) is 0.545. The minimum atomic E-state index is -1.54. The molecule has 4 atom stereocenters. The summed E-state index contributed by atoms with van der Waals surface area (Å²) < 4.78 is 4.91. The van der Waals surface area contributed by atoms with Crippen LogP contribution in [0.3, 0.4) is 0 Å². The fraction of sp³-hybridized carbons (Fsp3) is 0.333. The number of imide groups is 1. The Bertz CT molecular complexity index is 1160. The average molecular weight is 468 g/mol. The molecule has 33 heavy (non-hydrogen) atoms. The number of anilines is 1. The van der Waals surface area contributed by atoms with Gasteiger partial charge < -0.3 is 10.1 Å². The number of nitrogens with zero attached hydrogens (tertiary/aromatic N) is 2. The van der Waals surface area contributed by atoms with Crippen LogP contribution in [0.5, 0.6) is 0 Å². The molecule has 3 aliphatic rings. The van der Waals surface area contributed by atoms with E-state index in [1.54, 1.807) is 24.3 Å². The number of carbonyl (C=O) groups excluding carboxylic acids is 4. The zero-order valence-electron chi connectivity index (χ0n) is 17.9. The molecule has 1 N–H and O–H groups in total. The lowest BCUT2D eigenvalue weighted by Gasteiger charge is -2.45. The minimum Gasteiger partial charge on any atom is -0.469 e. The number of fused-ring (bicyclic) bond motifs is 3. The summed E-state index contributed by atoms with van der Waals surface area (Å²) in [7, 11) is 1.24. The first-order chi connectivity index (χ1) is 15.9. The molecular weight excluding hydrogens is 446 g/mol. The van der Waals surface area contributed by atoms with Crippen LogP contribution in [-0.2, 0) is 23.9 Å². The molecule has 3 heterocycles. The molecule has 5 rings (SSSR count). The second-order valence-corrected chi connectivity index (χ2v) is 8.86. The standard InChI is InChI=1S/C24H22ClN3O5/c1-33-17(29)13-24-19-18(21(30)28(22(19)31)16-10-6-5-9-15(16)25)20(14-7-3-2-4-8-14)27(24)12-11-26-23(24)32/h2-10,18-20H,11-13H2,1H3,(H,26,32)/t18-,19-,20-,24+/m0/s1. The summed E-state index contributed by atoms with van der Waals surface area (Å²) in [5.41, 5.74) is -0.471. The SMILES string of the molecule is COC(=O)C[C@@]12C(=O)NCCN1[C@@H](c1ccccc1)[C@H]1C(=O)N(c3ccccc3Cl)C(=O)[C@H]12. The number of benzene rings is 2. The van der Waals surface area contributed by atoms with Crippen LogP contribution in [0.25, 0.3) is 0 Å². The fourth-order valence-electron chi connectivity index (χ4n) is 5.68. The van der Waals surface area contributed by atoms with Crippen molar-refractivity contribution in [2.24, 2.45) is 11.8 Å². The number of hydrogen-bond donors (Lipinski definition) is 1. The van der Waals surface area contributed by atoms with E-state index in [-0.39, 0.29) is 17.1 Å². The monoisotopic (exact) mass is 467 g/mol. The van der Waals surface area contributed by atoms with E-state index in [1.807, 2.05) is 35.2 Å². The van der Waals surface area contributed by atoms with Gasteiger partial charge >= 0.3 is 5.97 Å². The van der Waals surface area contributed by atoms with Gasteiger partial charge in [0.2, 0.25) is 17.7 Å². The molecule has 0 aromatic heterocycles. The van der Waals surface area contributed by atoms with Crippen molar-refractivity contribution in [1.82, 2.24) is 10.2 Å². The molecule has 0 bridgehead atoms. The Morgan fingerprint density at radius 1 is 1.09 bits per heavy atom. The molecule has 8 nitrogen and oxygen atoms in total. The molecule has 3 fully saturated rings. The Hall–Kier alpha value is -3.23. The highest BCUT2D eigenvalue weighted by Crippen LogP contribution is 2.57. The Kier molecular flexibility index (Phi) is 5.22. The molecule has 0 unspecified atom stereocenters. The van der Waals surface area contributed by atoms with Crippen LogP contribution in [0.15, 0.2) is 54.6 Å². The third kappa shape index (κ3) is 3.01. The summed E-state index contributed by atoms with van der Waals surface area (Å²) in [6, 6.07) is 15.3. The zero-order valence-corrected chi connectivity index (χ0v) is 18.6. The molecule has 9 heteroatoms. The number of methoxy groups -OCH3 is 1. The van der Waals surface area contributed by atoms with Crippen LogP contribution in [0.4, 0.5) is 5.69 Å². The van der Waals surface area contributed by atoms with Gasteiger partial charge in [-0.2, -0.15) is 0 Å². The Morgan fingerprint density at radius 3 is 2.48 bits per heavy atom. The van der Waals surface area contributed by atoms with E-state index in [2.05, 4.69) is 5.32 Å². The number of hydrogen-bond acceptors (Lipinski definition) is 6. The molecule has 170 valence electrons. The Morgan fingerprint density at radius 2 is 1.79 bits per heavy atom. The smallest absolute Gasteiger partial charge is 0.307 e. The highest BCUT2D eigenvalue weighted by molar-refractivity contribution is 6.36. The summed E-state index contributed by atoms with van der Waals surface area (Å²) in [5, 5.41) is 3.07. The van der Waals surface area contributed by atoms with Gasteiger partial charge in [0.05, 0.1) is 36.1 Å². The number of esters is 1. The van der Waals surface area contributed by atoms with Crippen LogP contribution in [0.2, 0.25) is 5.02 Å². The Labute approximate surface area is 195 Å². The largest absolute Gasteiger partial charge is 0.469 e. The van der Waals surface area contributed by atoms with Crippen molar-refractivity contribution >= 4 is 41.0 Å². The third-order valence-electron chi connectivity index (χ3n) is 6.96. The number of carbonyl (C=O) groups is 4. The second kappa shape index (κ2) is 7.97. The van der Waals surface area contributed by atoms with Crippen LogP contribution in [-0.4, -0.2) is 54.3 Å². The lowest BCUT2D eigenvalue weighted by Crippen LogP contribution is -2.67. The predicted molar refractivity (Wildman–Crippen MR) is 119 cm³/mol. The number of para-hydroxylation sites is 1. The molecule has 3 saturated heterocycles. The molecule has 2 aromatic carbocycles. The van der Waals surface area contributed by atoms with Crippen molar-refractivity contribution in [3.8, 4) is 0 Å². The van der Waals surface area contributed by atoms with Crippen LogP contribution >= 0.6 is 11.6 Å². The number of halogens is 1. The summed E-state index contributed by atoms with van der Waals surface area (Å²) >= 11 is 6.34. The number of rotatable bonds is 4. The van der Waals surface area contributed by atoms with Gasteiger partial charge in [0, 0.05) is 19.1 Å². The normalized spacial score (nSPS) is 29.0. The van der Waals surface area contributed by atoms with Gasteiger partial charge in [-0.05, 0) is 17.7 Å². The third-order valence-corrected chi connectivity index (χ3v) is 7.28. The number of piperazine rings is 1. The maximum atomic E-state index is 13.9. The van der Waals surface area contributed by atoms with Crippen molar-refractivity contribution < 1.29 is 23.9 Å². The van der Waals surface area contributed by atoms with Crippen LogP contribution < -0.4 is 10.2 Å². The molecule has 0 saturated carbocycles. The van der Waals surface area contributed by atoms with Gasteiger partial charge in [0.25, 0.3) is 0 Å². The van der Waals surface area contributed by atoms with Gasteiger partial charge in [-0.1, -0.05) is 54.1 Å². The zero-order chi connectivity index (χ0) is 23.3. The molecule has 0 radical (unpaired) electrons. The van der Waals surface area contributed by atoms with E-state index in [1.165, 1.54) is 7.11 Å². The second-order valence-electron chi connectivity index (χ2n) is 8.45. The first kappa shape index (κ1) is 21.6. The first-order valence-corrected chi connectivity index (χ1v) is 11.1. The van der Waals surface area contributed by atoms with Gasteiger partial charge in [-0.3, -0.25) is 24.1 Å². The topological polar surface area (TPSA) is 96.0 Å². The number of nitrogens with one attached hydrogen (secondary N) is 1. The molecule has 3 amide bonds. The molecule has 0 spiro atoms. The van der Waals surface area contributed by atoms with E-state index in [0.29, 0.717) is 13.1 Å². The number of ether oxygens (including phenoxy) is 1. The summed E-state index contributed by atoms with van der Waals surface area (Å²) in [6.45, 7) is 0.739. The average Bonchev–Trinajstić information content (AvgIpc) is 3.26. The maximum absolute atomic E-state index is 13.9. The van der Waals surface area contributed by atoms with E-state index in [4.69, 9.17) is 16.3 Å². The summed E-state index contributed by atoms with van der Waals surface area (Å²) in [5.74, 6) is -3.97. The summed E-state index contributed by atoms with van der Waals surface area (Å²) in [4.78, 5) is 56.7. The van der Waals surface area contributed by atoms with Crippen LogP contribution in [0, 0.1) is 11.8 Å². The molecular formula is C24H22ClN3O5.